The van der Waals surface area contributed by atoms with Crippen molar-refractivity contribution in [3.05, 3.63) is 10.4 Å². The number of ketones is 1. The average Bonchev–Trinajstić information content (AvgIpc) is 2.60. The highest BCUT2D eigenvalue weighted by Gasteiger charge is 2.26. The van der Waals surface area contributed by atoms with Crippen molar-refractivity contribution in [3.8, 4) is 0 Å². The molecule has 0 atom stereocenters. The van der Waals surface area contributed by atoms with Crippen molar-refractivity contribution in [2.45, 2.75) is 32.2 Å². The Bertz CT molecular complexity index is 492. The van der Waals surface area contributed by atoms with E-state index in [0.717, 1.165) is 12.8 Å². The zero-order valence-electron chi connectivity index (χ0n) is 10.5. The number of nitrogens with two attached hydrogens (primary N) is 1. The number of thiophene rings is 1. The van der Waals surface area contributed by atoms with E-state index >= 15 is 0 Å². The Balaban J connectivity index is 2.38. The second-order valence-corrected chi connectivity index (χ2v) is 5.48. The summed E-state index contributed by atoms with van der Waals surface area (Å²) in [7, 11) is 1.56. The number of nitrogen functional groups attached to an aromatic ring is 1. The molecule has 1 aliphatic rings. The molecule has 0 saturated heterocycles. The minimum atomic E-state index is -0.252. The first kappa shape index (κ1) is 12.9. The van der Waals surface area contributed by atoms with Crippen molar-refractivity contribution in [2.24, 2.45) is 0 Å². The van der Waals surface area contributed by atoms with Gasteiger partial charge in [0.25, 0.3) is 5.91 Å². The van der Waals surface area contributed by atoms with Crippen LogP contribution in [0.15, 0.2) is 0 Å². The molecule has 6 heteroatoms. The first-order valence-corrected chi connectivity index (χ1v) is 6.78. The lowest BCUT2D eigenvalue weighted by Gasteiger charge is -2.27. The molecule has 18 heavy (non-hydrogen) atoms. The predicted octanol–water partition coefficient (Wildman–Crippen LogP) is 1.86. The molecule has 0 aromatic carbocycles. The van der Waals surface area contributed by atoms with Crippen LogP contribution < -0.4 is 16.4 Å². The molecule has 0 unspecified atom stereocenters. The number of Topliss-reactive ketones (excluding diaryl/α,β-unsaturated/α-hetero) is 1. The molecule has 0 bridgehead atoms. The number of carbonyl (C=O) groups excluding carboxylic acids is 2. The fraction of sp³-hybridized carbons (Fsp3) is 0.500. The molecule has 1 amide bonds. The van der Waals surface area contributed by atoms with Gasteiger partial charge >= 0.3 is 0 Å². The quantitative estimate of drug-likeness (QED) is 0.727. The van der Waals surface area contributed by atoms with Crippen LogP contribution in [0.1, 0.15) is 46.2 Å². The molecule has 0 spiro atoms. The molecule has 4 N–H and O–H groups in total. The summed E-state index contributed by atoms with van der Waals surface area (Å²) in [4.78, 5) is 23.8. The van der Waals surface area contributed by atoms with Gasteiger partial charge in [0.2, 0.25) is 0 Å². The molecule has 0 aliphatic heterocycles. The summed E-state index contributed by atoms with van der Waals surface area (Å²) in [6.45, 7) is 1.46. The van der Waals surface area contributed by atoms with Crippen molar-refractivity contribution in [1.82, 2.24) is 5.32 Å². The van der Waals surface area contributed by atoms with Crippen LogP contribution in [0.2, 0.25) is 0 Å². The van der Waals surface area contributed by atoms with Gasteiger partial charge < -0.3 is 16.4 Å². The van der Waals surface area contributed by atoms with E-state index < -0.39 is 0 Å². The summed E-state index contributed by atoms with van der Waals surface area (Å²) in [6.07, 6.45) is 3.40. The molecule has 98 valence electrons. The SMILES string of the molecule is CNC(=O)c1c(NC2CCC2)sc(C(C)=O)c1N. The average molecular weight is 267 g/mol. The van der Waals surface area contributed by atoms with Gasteiger partial charge in [0.15, 0.2) is 5.78 Å². The molecule has 2 rings (SSSR count). The summed E-state index contributed by atoms with van der Waals surface area (Å²) in [5, 5.41) is 6.57. The van der Waals surface area contributed by atoms with E-state index in [2.05, 4.69) is 10.6 Å². The van der Waals surface area contributed by atoms with Gasteiger partial charge in [-0.2, -0.15) is 0 Å². The number of anilines is 2. The number of rotatable bonds is 4. The molecule has 0 radical (unpaired) electrons. The summed E-state index contributed by atoms with van der Waals surface area (Å²) < 4.78 is 0. The number of hydrogen-bond donors (Lipinski definition) is 3. The fourth-order valence-corrected chi connectivity index (χ4v) is 2.99. The third kappa shape index (κ3) is 2.20. The fourth-order valence-electron chi connectivity index (χ4n) is 1.90. The lowest BCUT2D eigenvalue weighted by molar-refractivity contribution is 0.0965. The maximum atomic E-state index is 11.8. The van der Waals surface area contributed by atoms with Crippen LogP contribution in [0, 0.1) is 0 Å². The van der Waals surface area contributed by atoms with Gasteiger partial charge in [0, 0.05) is 20.0 Å². The smallest absolute Gasteiger partial charge is 0.256 e. The molecular formula is C12H17N3O2S. The maximum absolute atomic E-state index is 11.8. The van der Waals surface area contributed by atoms with Crippen molar-refractivity contribution >= 4 is 33.7 Å². The van der Waals surface area contributed by atoms with Gasteiger partial charge in [-0.25, -0.2) is 0 Å². The van der Waals surface area contributed by atoms with Gasteiger partial charge in [-0.3, -0.25) is 9.59 Å². The normalized spacial score (nSPS) is 15.0. The lowest BCUT2D eigenvalue weighted by atomic mass is 9.93. The van der Waals surface area contributed by atoms with Crippen molar-refractivity contribution in [3.63, 3.8) is 0 Å². The van der Waals surface area contributed by atoms with Crippen LogP contribution in [0.25, 0.3) is 0 Å². The molecule has 5 nitrogen and oxygen atoms in total. The van der Waals surface area contributed by atoms with Gasteiger partial charge in [0.05, 0.1) is 16.1 Å². The lowest BCUT2D eigenvalue weighted by Crippen LogP contribution is -2.28. The molecule has 1 aromatic rings. The zero-order chi connectivity index (χ0) is 13.3. The highest BCUT2D eigenvalue weighted by molar-refractivity contribution is 7.19. The summed E-state index contributed by atoms with van der Waals surface area (Å²) in [5.74, 6) is -0.359. The Morgan fingerprint density at radius 2 is 2.06 bits per heavy atom. The van der Waals surface area contributed by atoms with E-state index in [1.165, 1.54) is 24.7 Å². The van der Waals surface area contributed by atoms with E-state index in [1.54, 1.807) is 7.05 Å². The van der Waals surface area contributed by atoms with Crippen molar-refractivity contribution in [2.75, 3.05) is 18.1 Å². The number of nitrogens with one attached hydrogen (secondary N) is 2. The number of carbonyl (C=O) groups is 2. The number of amides is 1. The van der Waals surface area contributed by atoms with Crippen LogP contribution in [-0.2, 0) is 0 Å². The van der Waals surface area contributed by atoms with Gasteiger partial charge in [-0.1, -0.05) is 0 Å². The number of hydrogen-bond acceptors (Lipinski definition) is 5. The molecule has 1 aromatic heterocycles. The summed E-state index contributed by atoms with van der Waals surface area (Å²) >= 11 is 1.27. The highest BCUT2D eigenvalue weighted by Crippen LogP contribution is 2.38. The Morgan fingerprint density at radius 1 is 1.39 bits per heavy atom. The van der Waals surface area contributed by atoms with Crippen LogP contribution >= 0.6 is 11.3 Å². The first-order chi connectivity index (χ1) is 8.54. The largest absolute Gasteiger partial charge is 0.397 e. The Hall–Kier alpha value is -1.56. The summed E-state index contributed by atoms with van der Waals surface area (Å²) in [6, 6.07) is 0.395. The molecular weight excluding hydrogens is 250 g/mol. The third-order valence-corrected chi connectivity index (χ3v) is 4.40. The highest BCUT2D eigenvalue weighted by atomic mass is 32.1. The summed E-state index contributed by atoms with van der Waals surface area (Å²) in [5.41, 5.74) is 6.59. The molecule has 1 fully saturated rings. The standard InChI is InChI=1S/C12H17N3O2S/c1-6(16)10-9(13)8(11(17)14-2)12(18-10)15-7-4-3-5-7/h7,15H,3-5,13H2,1-2H3,(H,14,17). The minimum Gasteiger partial charge on any atom is -0.397 e. The molecule has 1 aliphatic carbocycles. The Kier molecular flexibility index (Phi) is 3.56. The zero-order valence-corrected chi connectivity index (χ0v) is 11.3. The van der Waals surface area contributed by atoms with Crippen LogP contribution in [0.3, 0.4) is 0 Å². The topological polar surface area (TPSA) is 84.2 Å². The second kappa shape index (κ2) is 4.97. The third-order valence-electron chi connectivity index (χ3n) is 3.16. The van der Waals surface area contributed by atoms with E-state index in [0.29, 0.717) is 21.5 Å². The minimum absolute atomic E-state index is 0.107. The molecule has 1 heterocycles. The first-order valence-electron chi connectivity index (χ1n) is 5.96. The van der Waals surface area contributed by atoms with E-state index in [9.17, 15) is 9.59 Å². The Labute approximate surface area is 110 Å². The Morgan fingerprint density at radius 3 is 2.50 bits per heavy atom. The van der Waals surface area contributed by atoms with Crippen LogP contribution in [-0.4, -0.2) is 24.8 Å². The van der Waals surface area contributed by atoms with Crippen LogP contribution in [0.4, 0.5) is 10.7 Å². The predicted molar refractivity (Wildman–Crippen MR) is 73.4 cm³/mol. The van der Waals surface area contributed by atoms with Gasteiger partial charge in [-0.05, 0) is 19.3 Å². The van der Waals surface area contributed by atoms with E-state index in [1.807, 2.05) is 0 Å². The molecule has 1 saturated carbocycles. The monoisotopic (exact) mass is 267 g/mol. The van der Waals surface area contributed by atoms with Crippen molar-refractivity contribution < 1.29 is 9.59 Å². The second-order valence-electron chi connectivity index (χ2n) is 4.46. The van der Waals surface area contributed by atoms with Crippen LogP contribution in [0.5, 0.6) is 0 Å². The maximum Gasteiger partial charge on any atom is 0.256 e. The van der Waals surface area contributed by atoms with E-state index in [-0.39, 0.29) is 17.4 Å². The van der Waals surface area contributed by atoms with Crippen molar-refractivity contribution in [1.29, 1.82) is 0 Å². The van der Waals surface area contributed by atoms with Gasteiger partial charge in [-0.15, -0.1) is 11.3 Å². The van der Waals surface area contributed by atoms with Gasteiger partial charge in [0.1, 0.15) is 5.00 Å². The van der Waals surface area contributed by atoms with E-state index in [4.69, 9.17) is 5.73 Å².